The molecule has 24 heavy (non-hydrogen) atoms. The third kappa shape index (κ3) is 3.31. The van der Waals surface area contributed by atoms with Crippen molar-refractivity contribution in [2.45, 2.75) is 64.7 Å². The molecule has 2 aromatic rings. The number of benzene rings is 2. The summed E-state index contributed by atoms with van der Waals surface area (Å²) in [6.45, 7) is 9.78. The molecule has 0 aliphatic carbocycles. The van der Waals surface area contributed by atoms with Gasteiger partial charge < -0.3 is 0 Å². The molecule has 0 aliphatic heterocycles. The zero-order valence-electron chi connectivity index (χ0n) is 16.0. The molecule has 0 N–H and O–H groups in total. The molecular formula is C22H34Si2. The van der Waals surface area contributed by atoms with Crippen LogP contribution in [0.15, 0.2) is 60.7 Å². The second kappa shape index (κ2) is 8.82. The van der Waals surface area contributed by atoms with E-state index >= 15 is 0 Å². The van der Waals surface area contributed by atoms with Crippen LogP contribution in [0, 0.1) is 0 Å². The highest BCUT2D eigenvalue weighted by Gasteiger charge is 2.53. The van der Waals surface area contributed by atoms with Gasteiger partial charge in [-0.3, -0.25) is 0 Å². The Morgan fingerprint density at radius 3 is 1.33 bits per heavy atom. The van der Waals surface area contributed by atoms with Crippen LogP contribution in [0.25, 0.3) is 0 Å². The van der Waals surface area contributed by atoms with Crippen molar-refractivity contribution in [3.05, 3.63) is 60.7 Å². The first-order valence-electron chi connectivity index (χ1n) is 9.81. The van der Waals surface area contributed by atoms with Crippen LogP contribution in [0.4, 0.5) is 0 Å². The van der Waals surface area contributed by atoms with Gasteiger partial charge in [0, 0.05) is 0 Å². The van der Waals surface area contributed by atoms with Crippen molar-refractivity contribution in [2.24, 2.45) is 0 Å². The van der Waals surface area contributed by atoms with E-state index in [0.717, 1.165) is 0 Å². The Hall–Kier alpha value is -1.13. The van der Waals surface area contributed by atoms with E-state index in [1.165, 1.54) is 37.0 Å². The van der Waals surface area contributed by atoms with E-state index in [2.05, 4.69) is 88.4 Å². The molecule has 0 bridgehead atoms. The van der Waals surface area contributed by atoms with Crippen molar-refractivity contribution in [3.63, 3.8) is 0 Å². The highest BCUT2D eigenvalue weighted by molar-refractivity contribution is 7.52. The lowest BCUT2D eigenvalue weighted by Gasteiger charge is -2.49. The third-order valence-electron chi connectivity index (χ3n) is 6.15. The molecule has 0 aliphatic rings. The largest absolute Gasteiger partial charge is 0.111 e. The van der Waals surface area contributed by atoms with Gasteiger partial charge in [0.2, 0.25) is 0 Å². The van der Waals surface area contributed by atoms with Gasteiger partial charge in [0.1, 0.15) is 7.59 Å². The van der Waals surface area contributed by atoms with Gasteiger partial charge in [0.05, 0.1) is 7.59 Å². The zero-order valence-corrected chi connectivity index (χ0v) is 18.0. The standard InChI is InChI=1S/C22H34Si2/c1-5-19-23(7-3,8-4)24(20-6-2,21-15-11-9-12-16-21)22-17-13-10-14-18-22/h9-18H,5-8,19-20H2,1-4H3. The smallest absolute Gasteiger partial charge is 0.0679 e. The Bertz CT molecular complexity index is 548. The summed E-state index contributed by atoms with van der Waals surface area (Å²) in [6.07, 6.45) is 2.64. The van der Waals surface area contributed by atoms with Crippen molar-refractivity contribution >= 4 is 25.6 Å². The summed E-state index contributed by atoms with van der Waals surface area (Å²) in [5.41, 5.74) is 0. The molecule has 0 atom stereocenters. The van der Waals surface area contributed by atoms with Gasteiger partial charge in [-0.25, -0.2) is 0 Å². The fourth-order valence-electron chi connectivity index (χ4n) is 5.05. The van der Waals surface area contributed by atoms with Crippen LogP contribution in [0.1, 0.15) is 40.5 Å². The van der Waals surface area contributed by atoms with Crippen molar-refractivity contribution in [3.8, 4) is 0 Å². The molecular weight excluding hydrogens is 320 g/mol. The molecule has 2 rings (SSSR count). The summed E-state index contributed by atoms with van der Waals surface area (Å²) < 4.78 is 0. The molecule has 0 aromatic heterocycles. The van der Waals surface area contributed by atoms with Crippen LogP contribution in [0.3, 0.4) is 0 Å². The van der Waals surface area contributed by atoms with Crippen molar-refractivity contribution < 1.29 is 0 Å². The second-order valence-corrected chi connectivity index (χ2v) is 20.8. The predicted molar refractivity (Wildman–Crippen MR) is 115 cm³/mol. The molecule has 0 amide bonds. The monoisotopic (exact) mass is 354 g/mol. The summed E-state index contributed by atoms with van der Waals surface area (Å²) in [7, 11) is -3.10. The molecule has 0 saturated heterocycles. The lowest BCUT2D eigenvalue weighted by molar-refractivity contribution is 1.01. The number of hydrogen-bond donors (Lipinski definition) is 0. The average molecular weight is 355 g/mol. The molecule has 0 fully saturated rings. The van der Waals surface area contributed by atoms with E-state index in [0.29, 0.717) is 0 Å². The molecule has 0 saturated carbocycles. The molecule has 0 nitrogen and oxygen atoms in total. The molecule has 0 radical (unpaired) electrons. The average Bonchev–Trinajstić information content (AvgIpc) is 2.66. The Morgan fingerprint density at radius 1 is 0.583 bits per heavy atom. The fourth-order valence-corrected chi connectivity index (χ4v) is 26.5. The van der Waals surface area contributed by atoms with Crippen molar-refractivity contribution in [1.29, 1.82) is 0 Å². The lowest BCUT2D eigenvalue weighted by atomic mass is 10.4. The Morgan fingerprint density at radius 2 is 1.00 bits per heavy atom. The SMILES string of the molecule is CCC[Si](CC)(CC)[Si](CCC)(c1ccccc1)c1ccccc1. The Labute approximate surface area is 151 Å². The highest BCUT2D eigenvalue weighted by atomic mass is 29.3. The Balaban J connectivity index is 2.80. The highest BCUT2D eigenvalue weighted by Crippen LogP contribution is 2.35. The van der Waals surface area contributed by atoms with Gasteiger partial charge in [0.25, 0.3) is 0 Å². The number of hydrogen-bond acceptors (Lipinski definition) is 0. The topological polar surface area (TPSA) is 0 Å². The molecule has 130 valence electrons. The predicted octanol–water partition coefficient (Wildman–Crippen LogP) is 5.64. The summed E-state index contributed by atoms with van der Waals surface area (Å²) in [6, 6.07) is 29.0. The van der Waals surface area contributed by atoms with Gasteiger partial charge in [-0.2, -0.15) is 0 Å². The molecule has 0 heterocycles. The van der Waals surface area contributed by atoms with Gasteiger partial charge in [0.15, 0.2) is 0 Å². The summed E-state index contributed by atoms with van der Waals surface area (Å²) in [5.74, 6) is 0. The normalized spacial score (nSPS) is 12.3. The van der Waals surface area contributed by atoms with Crippen molar-refractivity contribution in [2.75, 3.05) is 0 Å². The first-order chi connectivity index (χ1) is 11.7. The maximum atomic E-state index is 2.49. The van der Waals surface area contributed by atoms with E-state index in [9.17, 15) is 0 Å². The quantitative estimate of drug-likeness (QED) is 0.511. The molecule has 2 heteroatoms. The van der Waals surface area contributed by atoms with E-state index in [1.54, 1.807) is 10.4 Å². The maximum Gasteiger partial charge on any atom is 0.111 e. The fraction of sp³-hybridized carbons (Fsp3) is 0.455. The molecule has 0 unspecified atom stereocenters. The van der Waals surface area contributed by atoms with E-state index in [4.69, 9.17) is 0 Å². The van der Waals surface area contributed by atoms with Gasteiger partial charge in [-0.05, 0) is 0 Å². The van der Waals surface area contributed by atoms with Crippen LogP contribution in [0.5, 0.6) is 0 Å². The maximum absolute atomic E-state index is 2.49. The lowest BCUT2D eigenvalue weighted by Crippen LogP contribution is -2.75. The number of rotatable bonds is 9. The third-order valence-corrected chi connectivity index (χ3v) is 26.8. The van der Waals surface area contributed by atoms with E-state index < -0.39 is 15.2 Å². The van der Waals surface area contributed by atoms with Crippen LogP contribution in [0.2, 0.25) is 24.2 Å². The molecule has 2 aromatic carbocycles. The van der Waals surface area contributed by atoms with E-state index in [1.807, 2.05) is 0 Å². The summed E-state index contributed by atoms with van der Waals surface area (Å²) in [5, 5.41) is 3.39. The zero-order chi connectivity index (χ0) is 17.5. The van der Waals surface area contributed by atoms with E-state index in [-0.39, 0.29) is 0 Å². The van der Waals surface area contributed by atoms with Crippen LogP contribution < -0.4 is 10.4 Å². The minimum atomic E-state index is -1.71. The van der Waals surface area contributed by atoms with Gasteiger partial charge >= 0.3 is 0 Å². The van der Waals surface area contributed by atoms with Crippen LogP contribution in [-0.4, -0.2) is 15.2 Å². The van der Waals surface area contributed by atoms with Gasteiger partial charge in [-0.1, -0.05) is 136 Å². The van der Waals surface area contributed by atoms with Crippen LogP contribution >= 0.6 is 0 Å². The second-order valence-electron chi connectivity index (χ2n) is 7.12. The first kappa shape index (κ1) is 19.2. The first-order valence-corrected chi connectivity index (χ1v) is 15.6. The van der Waals surface area contributed by atoms with Gasteiger partial charge in [-0.15, -0.1) is 0 Å². The minimum absolute atomic E-state index is 1.30. The molecule has 0 spiro atoms. The Kier molecular flexibility index (Phi) is 7.06. The van der Waals surface area contributed by atoms with Crippen LogP contribution in [-0.2, 0) is 0 Å². The van der Waals surface area contributed by atoms with Crippen molar-refractivity contribution in [1.82, 2.24) is 0 Å². The minimum Gasteiger partial charge on any atom is -0.0679 e. The summed E-state index contributed by atoms with van der Waals surface area (Å²) in [4.78, 5) is 0. The summed E-state index contributed by atoms with van der Waals surface area (Å²) >= 11 is 0.